The predicted molar refractivity (Wildman–Crippen MR) is 75.0 cm³/mol. The average molecular weight is 300 g/mol. The second-order valence-corrected chi connectivity index (χ2v) is 7.42. The molecular formula is C12H20N4O3S. The van der Waals surface area contributed by atoms with Crippen LogP contribution in [-0.2, 0) is 14.8 Å². The highest BCUT2D eigenvalue weighted by Gasteiger charge is 2.38. The van der Waals surface area contributed by atoms with Gasteiger partial charge >= 0.3 is 0 Å². The van der Waals surface area contributed by atoms with Crippen LogP contribution in [0.3, 0.4) is 0 Å². The summed E-state index contributed by atoms with van der Waals surface area (Å²) in [5.74, 6) is 0.389. The summed E-state index contributed by atoms with van der Waals surface area (Å²) < 4.78 is 32.3. The monoisotopic (exact) mass is 300 g/mol. The summed E-state index contributed by atoms with van der Waals surface area (Å²) in [6.45, 7) is 6.27. The lowest BCUT2D eigenvalue weighted by atomic mass is 10.1. The first-order valence-electron chi connectivity index (χ1n) is 6.42. The van der Waals surface area contributed by atoms with Gasteiger partial charge in [-0.2, -0.15) is 4.31 Å². The van der Waals surface area contributed by atoms with E-state index in [0.717, 1.165) is 0 Å². The van der Waals surface area contributed by atoms with Gasteiger partial charge in [0.05, 0.1) is 24.1 Å². The maximum Gasteiger partial charge on any atom is 0.246 e. The van der Waals surface area contributed by atoms with Gasteiger partial charge in [-0.1, -0.05) is 0 Å². The fraction of sp³-hybridized carbons (Fsp3) is 0.667. The third-order valence-corrected chi connectivity index (χ3v) is 4.79. The van der Waals surface area contributed by atoms with Crippen LogP contribution in [0.4, 0.5) is 5.95 Å². The molecule has 20 heavy (non-hydrogen) atoms. The fourth-order valence-electron chi connectivity index (χ4n) is 2.31. The molecule has 0 radical (unpaired) electrons. The Labute approximate surface area is 119 Å². The van der Waals surface area contributed by atoms with Gasteiger partial charge in [0.25, 0.3) is 0 Å². The first kappa shape index (κ1) is 15.1. The predicted octanol–water partition coefficient (Wildman–Crippen LogP) is 0.706. The number of hydrogen-bond donors (Lipinski definition) is 1. The molecule has 1 N–H and O–H groups in total. The Morgan fingerprint density at radius 1 is 1.40 bits per heavy atom. The highest BCUT2D eigenvalue weighted by molar-refractivity contribution is 7.89. The molecule has 1 saturated heterocycles. The molecule has 1 aromatic rings. The van der Waals surface area contributed by atoms with Crippen LogP contribution < -0.4 is 5.32 Å². The zero-order chi connectivity index (χ0) is 15.0. The van der Waals surface area contributed by atoms with Gasteiger partial charge in [-0.3, -0.25) is 0 Å². The van der Waals surface area contributed by atoms with Crippen molar-refractivity contribution in [3.63, 3.8) is 0 Å². The summed E-state index contributed by atoms with van der Waals surface area (Å²) >= 11 is 0. The lowest BCUT2D eigenvalue weighted by molar-refractivity contribution is -0.109. The molecule has 0 aliphatic carbocycles. The molecule has 1 aliphatic heterocycles. The van der Waals surface area contributed by atoms with E-state index in [1.54, 1.807) is 7.05 Å². The van der Waals surface area contributed by atoms with Gasteiger partial charge in [0.1, 0.15) is 4.90 Å². The van der Waals surface area contributed by atoms with Gasteiger partial charge in [-0.05, 0) is 20.8 Å². The van der Waals surface area contributed by atoms with E-state index in [4.69, 9.17) is 4.74 Å². The molecule has 7 nitrogen and oxygen atoms in total. The van der Waals surface area contributed by atoms with Crippen LogP contribution in [-0.4, -0.2) is 54.5 Å². The summed E-state index contributed by atoms with van der Waals surface area (Å²) in [6.07, 6.45) is 2.49. The number of nitrogens with one attached hydrogen (secondary N) is 1. The minimum Gasteiger partial charge on any atom is -0.370 e. The lowest BCUT2D eigenvalue weighted by Crippen LogP contribution is -2.53. The molecule has 1 unspecified atom stereocenters. The van der Waals surface area contributed by atoms with Crippen molar-refractivity contribution in [3.8, 4) is 0 Å². The van der Waals surface area contributed by atoms with Crippen molar-refractivity contribution in [2.24, 2.45) is 0 Å². The van der Waals surface area contributed by atoms with Crippen LogP contribution in [0.15, 0.2) is 17.3 Å². The molecular weight excluding hydrogens is 280 g/mol. The summed E-state index contributed by atoms with van der Waals surface area (Å²) in [5.41, 5.74) is -0.503. The Balaban J connectivity index is 2.29. The number of morpholine rings is 1. The van der Waals surface area contributed by atoms with Crippen LogP contribution >= 0.6 is 0 Å². The van der Waals surface area contributed by atoms with Crippen molar-refractivity contribution >= 4 is 16.0 Å². The summed E-state index contributed by atoms with van der Waals surface area (Å²) in [6, 6.07) is 0. The van der Waals surface area contributed by atoms with Crippen molar-refractivity contribution < 1.29 is 13.2 Å². The Bertz CT molecular complexity index is 571. The van der Waals surface area contributed by atoms with Gasteiger partial charge in [0, 0.05) is 20.1 Å². The standard InChI is InChI=1S/C12H20N4O3S/c1-9-7-16(8-12(2,3)19-9)20(17,18)10-5-14-11(13-4)15-6-10/h5-6,9H,7-8H2,1-4H3,(H,13,14,15). The Hall–Kier alpha value is -1.25. The van der Waals surface area contributed by atoms with Crippen molar-refractivity contribution in [1.82, 2.24) is 14.3 Å². The number of rotatable bonds is 3. The largest absolute Gasteiger partial charge is 0.370 e. The molecule has 1 atom stereocenters. The van der Waals surface area contributed by atoms with Crippen molar-refractivity contribution in [2.45, 2.75) is 37.4 Å². The average Bonchev–Trinajstić information content (AvgIpc) is 2.36. The van der Waals surface area contributed by atoms with Gasteiger partial charge in [-0.15, -0.1) is 0 Å². The van der Waals surface area contributed by atoms with E-state index in [0.29, 0.717) is 19.0 Å². The number of ether oxygens (including phenoxy) is 1. The van der Waals surface area contributed by atoms with Gasteiger partial charge in [0.2, 0.25) is 16.0 Å². The number of sulfonamides is 1. The minimum absolute atomic E-state index is 0.0985. The number of aromatic nitrogens is 2. The van der Waals surface area contributed by atoms with Crippen LogP contribution in [0.1, 0.15) is 20.8 Å². The normalized spacial score (nSPS) is 23.5. The third kappa shape index (κ3) is 3.08. The van der Waals surface area contributed by atoms with E-state index in [1.165, 1.54) is 16.7 Å². The van der Waals surface area contributed by atoms with Crippen molar-refractivity contribution in [2.75, 3.05) is 25.5 Å². The topological polar surface area (TPSA) is 84.4 Å². The van der Waals surface area contributed by atoms with Crippen molar-refractivity contribution in [1.29, 1.82) is 0 Å². The highest BCUT2D eigenvalue weighted by Crippen LogP contribution is 2.25. The van der Waals surface area contributed by atoms with Gasteiger partial charge in [-0.25, -0.2) is 18.4 Å². The lowest BCUT2D eigenvalue weighted by Gasteiger charge is -2.40. The molecule has 1 aliphatic rings. The molecule has 0 aromatic carbocycles. The zero-order valence-corrected chi connectivity index (χ0v) is 12.9. The minimum atomic E-state index is -3.59. The Morgan fingerprint density at radius 2 is 2.00 bits per heavy atom. The highest BCUT2D eigenvalue weighted by atomic mass is 32.2. The SMILES string of the molecule is CNc1ncc(S(=O)(=O)N2CC(C)OC(C)(C)C2)cn1. The van der Waals surface area contributed by atoms with E-state index in [-0.39, 0.29) is 11.0 Å². The number of nitrogens with zero attached hydrogens (tertiary/aromatic N) is 3. The van der Waals surface area contributed by atoms with E-state index in [2.05, 4.69) is 15.3 Å². The van der Waals surface area contributed by atoms with Crippen LogP contribution in [0, 0.1) is 0 Å². The van der Waals surface area contributed by atoms with Gasteiger partial charge < -0.3 is 10.1 Å². The molecule has 0 bridgehead atoms. The molecule has 2 rings (SSSR count). The second kappa shape index (κ2) is 5.27. The quantitative estimate of drug-likeness (QED) is 0.885. The molecule has 0 amide bonds. The van der Waals surface area contributed by atoms with Gasteiger partial charge in [0.15, 0.2) is 0 Å². The molecule has 8 heteroatoms. The first-order chi connectivity index (χ1) is 9.24. The summed E-state index contributed by atoms with van der Waals surface area (Å²) in [7, 11) is -1.91. The molecule has 1 aromatic heterocycles. The number of hydrogen-bond acceptors (Lipinski definition) is 6. The maximum absolute atomic E-state index is 12.6. The fourth-order valence-corrected chi connectivity index (χ4v) is 3.86. The molecule has 112 valence electrons. The summed E-state index contributed by atoms with van der Waals surface area (Å²) in [4.78, 5) is 8.01. The van der Waals surface area contributed by atoms with E-state index in [1.807, 2.05) is 20.8 Å². The third-order valence-electron chi connectivity index (χ3n) is 3.03. The Kier molecular flexibility index (Phi) is 3.99. The van der Waals surface area contributed by atoms with E-state index in [9.17, 15) is 8.42 Å². The zero-order valence-electron chi connectivity index (χ0n) is 12.1. The molecule has 2 heterocycles. The van der Waals surface area contributed by atoms with Crippen molar-refractivity contribution in [3.05, 3.63) is 12.4 Å². The van der Waals surface area contributed by atoms with E-state index < -0.39 is 15.6 Å². The van der Waals surface area contributed by atoms with Crippen LogP contribution in [0.2, 0.25) is 0 Å². The maximum atomic E-state index is 12.6. The molecule has 1 fully saturated rings. The van der Waals surface area contributed by atoms with Crippen LogP contribution in [0.5, 0.6) is 0 Å². The Morgan fingerprint density at radius 3 is 2.50 bits per heavy atom. The number of anilines is 1. The van der Waals surface area contributed by atoms with Crippen LogP contribution in [0.25, 0.3) is 0 Å². The molecule has 0 spiro atoms. The second-order valence-electron chi connectivity index (χ2n) is 5.48. The smallest absolute Gasteiger partial charge is 0.246 e. The summed E-state index contributed by atoms with van der Waals surface area (Å²) in [5, 5.41) is 2.75. The molecule has 0 saturated carbocycles. The van der Waals surface area contributed by atoms with E-state index >= 15 is 0 Å². The first-order valence-corrected chi connectivity index (χ1v) is 7.86.